The van der Waals surface area contributed by atoms with Gasteiger partial charge in [0.05, 0.1) is 14.2 Å². The van der Waals surface area contributed by atoms with Crippen LogP contribution in [0.3, 0.4) is 0 Å². The van der Waals surface area contributed by atoms with Crippen LogP contribution in [0.2, 0.25) is 0 Å². The largest absolute Gasteiger partial charge is 0.493 e. The molecule has 30 heavy (non-hydrogen) atoms. The topological polar surface area (TPSA) is 76.6 Å². The van der Waals surface area contributed by atoms with Gasteiger partial charge in [0.2, 0.25) is 0 Å². The van der Waals surface area contributed by atoms with Crippen LogP contribution >= 0.6 is 0 Å². The van der Waals surface area contributed by atoms with Gasteiger partial charge in [-0.25, -0.2) is 14.8 Å². The number of hydrogen-bond donors (Lipinski definition) is 1. The second-order valence-corrected chi connectivity index (χ2v) is 7.40. The summed E-state index contributed by atoms with van der Waals surface area (Å²) in [6.07, 6.45) is 3.56. The van der Waals surface area contributed by atoms with E-state index < -0.39 is 0 Å². The first-order valence-electron chi connectivity index (χ1n) is 10.1. The Labute approximate surface area is 176 Å². The minimum absolute atomic E-state index is 0.0450. The van der Waals surface area contributed by atoms with Crippen molar-refractivity contribution in [2.45, 2.75) is 25.3 Å². The molecule has 1 N–H and O–H groups in total. The number of rotatable bonds is 5. The zero-order valence-electron chi connectivity index (χ0n) is 17.3. The first-order valence-corrected chi connectivity index (χ1v) is 10.1. The third-order valence-corrected chi connectivity index (χ3v) is 5.58. The Hall–Kier alpha value is -3.35. The lowest BCUT2D eigenvalue weighted by Gasteiger charge is -2.31. The number of amides is 2. The van der Waals surface area contributed by atoms with E-state index >= 15 is 0 Å². The fraction of sp³-hybridized carbons (Fsp3) is 0.348. The van der Waals surface area contributed by atoms with Crippen LogP contribution in [0.1, 0.15) is 30.0 Å². The highest BCUT2D eigenvalue weighted by Crippen LogP contribution is 2.29. The van der Waals surface area contributed by atoms with Gasteiger partial charge >= 0.3 is 6.03 Å². The van der Waals surface area contributed by atoms with Crippen molar-refractivity contribution in [1.82, 2.24) is 20.2 Å². The monoisotopic (exact) mass is 406 g/mol. The smallest absolute Gasteiger partial charge is 0.317 e. The molecule has 0 atom stereocenters. The number of methoxy groups -OCH3 is 2. The number of carbonyl (C=O) groups is 1. The van der Waals surface area contributed by atoms with Gasteiger partial charge in [-0.05, 0) is 54.8 Å². The molecule has 3 heterocycles. The Balaban J connectivity index is 1.31. The van der Waals surface area contributed by atoms with Crippen LogP contribution < -0.4 is 14.8 Å². The molecule has 1 fully saturated rings. The summed E-state index contributed by atoms with van der Waals surface area (Å²) in [5, 5.41) is 4.05. The number of ether oxygens (including phenoxy) is 2. The number of hydrogen-bond acceptors (Lipinski definition) is 5. The van der Waals surface area contributed by atoms with Gasteiger partial charge in [-0.2, -0.15) is 0 Å². The maximum absolute atomic E-state index is 12.6. The summed E-state index contributed by atoms with van der Waals surface area (Å²) < 4.78 is 10.6. The van der Waals surface area contributed by atoms with E-state index in [0.29, 0.717) is 37.1 Å². The number of fused-ring (bicyclic) bond motifs is 1. The fourth-order valence-electron chi connectivity index (χ4n) is 3.85. The van der Waals surface area contributed by atoms with E-state index in [0.717, 1.165) is 35.1 Å². The number of pyridine rings is 2. The Bertz CT molecular complexity index is 1030. The molecule has 7 nitrogen and oxygen atoms in total. The molecule has 1 aliphatic heterocycles. The number of piperidine rings is 1. The van der Waals surface area contributed by atoms with Crippen LogP contribution in [0.25, 0.3) is 11.0 Å². The zero-order chi connectivity index (χ0) is 20.9. The van der Waals surface area contributed by atoms with E-state index in [9.17, 15) is 4.79 Å². The van der Waals surface area contributed by atoms with E-state index in [1.165, 1.54) is 0 Å². The van der Waals surface area contributed by atoms with Crippen LogP contribution in [0.5, 0.6) is 11.5 Å². The first kappa shape index (κ1) is 19.9. The molecule has 7 heteroatoms. The molecule has 0 saturated carbocycles. The number of likely N-dealkylation sites (tertiary alicyclic amines) is 1. The molecule has 2 aromatic heterocycles. The fourth-order valence-corrected chi connectivity index (χ4v) is 3.85. The van der Waals surface area contributed by atoms with Gasteiger partial charge in [0, 0.05) is 42.8 Å². The number of benzene rings is 1. The molecule has 3 aromatic rings. The van der Waals surface area contributed by atoms with Crippen molar-refractivity contribution >= 4 is 17.1 Å². The Morgan fingerprint density at radius 2 is 1.90 bits per heavy atom. The predicted molar refractivity (Wildman–Crippen MR) is 115 cm³/mol. The number of nitrogens with one attached hydrogen (secondary N) is 1. The van der Waals surface area contributed by atoms with Gasteiger partial charge in [0.25, 0.3) is 0 Å². The van der Waals surface area contributed by atoms with Gasteiger partial charge in [-0.1, -0.05) is 6.07 Å². The number of urea groups is 1. The minimum atomic E-state index is -0.0450. The first-order chi connectivity index (χ1) is 14.7. The lowest BCUT2D eigenvalue weighted by atomic mass is 9.93. The standard InChI is InChI=1S/C23H26N4O3/c1-29-20-8-5-16(14-21(20)30-2)15-25-23(28)27-12-9-17(10-13-27)19-7-6-18-4-3-11-24-22(18)26-19/h3-8,11,14,17H,9-10,12-13,15H2,1-2H3,(H,25,28). The van der Waals surface area contributed by atoms with Gasteiger partial charge in [0.1, 0.15) is 0 Å². The second-order valence-electron chi connectivity index (χ2n) is 7.40. The van der Waals surface area contributed by atoms with E-state index in [1.54, 1.807) is 20.4 Å². The molecule has 1 aliphatic rings. The van der Waals surface area contributed by atoms with Crippen molar-refractivity contribution in [3.8, 4) is 11.5 Å². The van der Waals surface area contributed by atoms with Crippen molar-refractivity contribution < 1.29 is 14.3 Å². The number of nitrogens with zero attached hydrogens (tertiary/aromatic N) is 3. The van der Waals surface area contributed by atoms with Crippen molar-refractivity contribution in [1.29, 1.82) is 0 Å². The predicted octanol–water partition coefficient (Wildman–Crippen LogP) is 3.74. The van der Waals surface area contributed by atoms with Crippen molar-refractivity contribution in [3.05, 3.63) is 59.9 Å². The maximum atomic E-state index is 12.6. The summed E-state index contributed by atoms with van der Waals surface area (Å²) in [5.41, 5.74) is 2.81. The van der Waals surface area contributed by atoms with Gasteiger partial charge < -0.3 is 19.7 Å². The third kappa shape index (κ3) is 4.30. The minimum Gasteiger partial charge on any atom is -0.493 e. The van der Waals surface area contributed by atoms with Crippen LogP contribution in [0, 0.1) is 0 Å². The quantitative estimate of drug-likeness (QED) is 0.699. The molecule has 156 valence electrons. The van der Waals surface area contributed by atoms with E-state index in [1.807, 2.05) is 35.2 Å². The lowest BCUT2D eigenvalue weighted by Crippen LogP contribution is -2.43. The summed E-state index contributed by atoms with van der Waals surface area (Å²) >= 11 is 0. The molecular weight excluding hydrogens is 380 g/mol. The van der Waals surface area contributed by atoms with E-state index in [4.69, 9.17) is 14.5 Å². The van der Waals surface area contributed by atoms with Gasteiger partial charge in [-0.3, -0.25) is 0 Å². The van der Waals surface area contributed by atoms with Crippen LogP contribution in [0.15, 0.2) is 48.7 Å². The molecule has 1 aromatic carbocycles. The van der Waals surface area contributed by atoms with Crippen molar-refractivity contribution in [2.24, 2.45) is 0 Å². The average Bonchev–Trinajstić information content (AvgIpc) is 2.82. The maximum Gasteiger partial charge on any atom is 0.317 e. The van der Waals surface area contributed by atoms with E-state index in [2.05, 4.69) is 22.4 Å². The SMILES string of the molecule is COc1ccc(CNC(=O)N2CCC(c3ccc4cccnc4n3)CC2)cc1OC. The molecular formula is C23H26N4O3. The molecule has 1 saturated heterocycles. The molecule has 2 amide bonds. The molecule has 4 rings (SSSR count). The molecule has 0 bridgehead atoms. The molecule has 0 radical (unpaired) electrons. The van der Waals surface area contributed by atoms with Crippen LogP contribution in [-0.2, 0) is 6.54 Å². The highest BCUT2D eigenvalue weighted by Gasteiger charge is 2.24. The van der Waals surface area contributed by atoms with Crippen LogP contribution in [-0.4, -0.2) is 48.2 Å². The number of carbonyl (C=O) groups excluding carboxylic acids is 1. The van der Waals surface area contributed by atoms with E-state index in [-0.39, 0.29) is 6.03 Å². The third-order valence-electron chi connectivity index (χ3n) is 5.58. The normalized spacial score (nSPS) is 14.5. The van der Waals surface area contributed by atoms with Gasteiger partial charge in [0.15, 0.2) is 17.1 Å². The second kappa shape index (κ2) is 8.98. The highest BCUT2D eigenvalue weighted by molar-refractivity contribution is 5.75. The summed E-state index contributed by atoms with van der Waals surface area (Å²) in [5.74, 6) is 1.68. The van der Waals surface area contributed by atoms with Crippen molar-refractivity contribution in [2.75, 3.05) is 27.3 Å². The van der Waals surface area contributed by atoms with Gasteiger partial charge in [-0.15, -0.1) is 0 Å². The Morgan fingerprint density at radius 3 is 2.67 bits per heavy atom. The van der Waals surface area contributed by atoms with Crippen molar-refractivity contribution in [3.63, 3.8) is 0 Å². The molecule has 0 aliphatic carbocycles. The Kier molecular flexibility index (Phi) is 5.97. The molecule has 0 spiro atoms. The summed E-state index contributed by atoms with van der Waals surface area (Å²) in [6, 6.07) is 13.7. The summed E-state index contributed by atoms with van der Waals surface area (Å²) in [7, 11) is 3.21. The van der Waals surface area contributed by atoms with Crippen LogP contribution in [0.4, 0.5) is 4.79 Å². The number of aromatic nitrogens is 2. The summed E-state index contributed by atoms with van der Waals surface area (Å²) in [4.78, 5) is 23.5. The zero-order valence-corrected chi connectivity index (χ0v) is 17.3. The molecule has 0 unspecified atom stereocenters. The lowest BCUT2D eigenvalue weighted by molar-refractivity contribution is 0.180. The highest BCUT2D eigenvalue weighted by atomic mass is 16.5. The average molecular weight is 406 g/mol. The summed E-state index contributed by atoms with van der Waals surface area (Å²) in [6.45, 7) is 1.87. The Morgan fingerprint density at radius 1 is 1.10 bits per heavy atom.